The lowest BCUT2D eigenvalue weighted by Gasteiger charge is -2.34. The van der Waals surface area contributed by atoms with Crippen LogP contribution in [0.5, 0.6) is 0 Å². The Labute approximate surface area is 124 Å². The van der Waals surface area contributed by atoms with Gasteiger partial charge in [0, 0.05) is 13.1 Å². The van der Waals surface area contributed by atoms with Gasteiger partial charge < -0.3 is 5.11 Å². The van der Waals surface area contributed by atoms with Gasteiger partial charge in [0.1, 0.15) is 5.82 Å². The van der Waals surface area contributed by atoms with E-state index in [-0.39, 0.29) is 10.8 Å². The molecule has 0 unspecified atom stereocenters. The molecule has 1 aliphatic carbocycles. The lowest BCUT2D eigenvalue weighted by molar-refractivity contribution is 0.0534. The van der Waals surface area contributed by atoms with E-state index in [1.807, 2.05) is 0 Å². The molecule has 2 fully saturated rings. The summed E-state index contributed by atoms with van der Waals surface area (Å²) in [5, 5.41) is 10.1. The van der Waals surface area contributed by atoms with Crippen molar-refractivity contribution in [1.82, 2.24) is 4.31 Å². The number of nitrogens with zero attached hydrogens (tertiary/aromatic N) is 1. The van der Waals surface area contributed by atoms with Crippen LogP contribution in [0.4, 0.5) is 4.39 Å². The molecular formula is C15H20FNO3S. The molecule has 0 atom stereocenters. The van der Waals surface area contributed by atoms with Crippen molar-refractivity contribution in [2.45, 2.75) is 43.1 Å². The summed E-state index contributed by atoms with van der Waals surface area (Å²) in [4.78, 5) is 0.0473. The number of rotatable bonds is 3. The highest BCUT2D eigenvalue weighted by Gasteiger charge is 2.49. The average molecular weight is 313 g/mol. The molecule has 1 N–H and O–H groups in total. The Balaban J connectivity index is 1.78. The first-order chi connectivity index (χ1) is 9.83. The third-order valence-corrected chi connectivity index (χ3v) is 6.78. The molecule has 0 amide bonds. The third-order valence-electron chi connectivity index (χ3n) is 4.74. The molecule has 1 saturated carbocycles. The summed E-state index contributed by atoms with van der Waals surface area (Å²) < 4.78 is 40.0. The van der Waals surface area contributed by atoms with Gasteiger partial charge in [-0.2, -0.15) is 4.31 Å². The van der Waals surface area contributed by atoms with Crippen molar-refractivity contribution >= 4 is 10.0 Å². The Bertz CT molecular complexity index is 647. The molecule has 1 aromatic carbocycles. The third kappa shape index (κ3) is 2.72. The molecule has 2 aliphatic rings. The topological polar surface area (TPSA) is 57.6 Å². The number of sulfonamides is 1. The number of aliphatic hydroxyl groups is 1. The van der Waals surface area contributed by atoms with Gasteiger partial charge in [-0.15, -0.1) is 0 Å². The van der Waals surface area contributed by atoms with Crippen molar-refractivity contribution in [1.29, 1.82) is 0 Å². The Morgan fingerprint density at radius 1 is 1.29 bits per heavy atom. The number of benzene rings is 1. The maximum atomic E-state index is 13.4. The second-order valence-corrected chi connectivity index (χ2v) is 8.10. The van der Waals surface area contributed by atoms with Crippen LogP contribution in [0.3, 0.4) is 0 Å². The second-order valence-electron chi connectivity index (χ2n) is 6.19. The zero-order valence-corrected chi connectivity index (χ0v) is 12.9. The maximum absolute atomic E-state index is 13.4. The van der Waals surface area contributed by atoms with E-state index in [0.29, 0.717) is 31.5 Å². The predicted molar refractivity (Wildman–Crippen MR) is 76.8 cm³/mol. The van der Waals surface area contributed by atoms with Crippen LogP contribution >= 0.6 is 0 Å². The number of aryl methyl sites for hydroxylation is 1. The highest BCUT2D eigenvalue weighted by Crippen LogP contribution is 2.46. The summed E-state index contributed by atoms with van der Waals surface area (Å²) in [6.07, 6.45) is 3.00. The van der Waals surface area contributed by atoms with Crippen molar-refractivity contribution in [3.8, 4) is 0 Å². The van der Waals surface area contributed by atoms with Crippen molar-refractivity contribution < 1.29 is 17.9 Å². The summed E-state index contributed by atoms with van der Waals surface area (Å²) in [5.74, 6) is -0.348. The molecule has 1 saturated heterocycles. The first-order valence-electron chi connectivity index (χ1n) is 7.32. The Morgan fingerprint density at radius 2 is 1.90 bits per heavy atom. The van der Waals surface area contributed by atoms with E-state index < -0.39 is 21.4 Å². The minimum absolute atomic E-state index is 0.0473. The van der Waals surface area contributed by atoms with Crippen LogP contribution in [-0.4, -0.2) is 36.5 Å². The SMILES string of the molecule is Cc1ccc(F)cc1S(=O)(=O)N1CCC(C2(O)CC2)CC1. The fraction of sp³-hybridized carbons (Fsp3) is 0.600. The van der Waals surface area contributed by atoms with Crippen LogP contribution in [-0.2, 0) is 10.0 Å². The van der Waals surface area contributed by atoms with Crippen LogP contribution in [0, 0.1) is 18.7 Å². The zero-order valence-electron chi connectivity index (χ0n) is 12.0. The van der Waals surface area contributed by atoms with Crippen LogP contribution in [0.25, 0.3) is 0 Å². The fourth-order valence-electron chi connectivity index (χ4n) is 3.16. The van der Waals surface area contributed by atoms with Gasteiger partial charge in [-0.3, -0.25) is 0 Å². The summed E-state index contributed by atoms with van der Waals surface area (Å²) in [7, 11) is -3.65. The van der Waals surface area contributed by atoms with Gasteiger partial charge in [0.05, 0.1) is 10.5 Å². The second kappa shape index (κ2) is 5.04. The number of piperidine rings is 1. The molecule has 21 heavy (non-hydrogen) atoms. The average Bonchev–Trinajstić information content (AvgIpc) is 3.21. The number of hydrogen-bond acceptors (Lipinski definition) is 3. The van der Waals surface area contributed by atoms with Crippen molar-refractivity contribution in [3.05, 3.63) is 29.6 Å². The Hall–Kier alpha value is -0.980. The summed E-state index contributed by atoms with van der Waals surface area (Å²) in [6, 6.07) is 3.84. The van der Waals surface area contributed by atoms with Crippen LogP contribution in [0.15, 0.2) is 23.1 Å². The normalized spacial score (nSPS) is 23.2. The first-order valence-corrected chi connectivity index (χ1v) is 8.76. The van der Waals surface area contributed by atoms with E-state index in [1.54, 1.807) is 6.92 Å². The standard InChI is InChI=1S/C15H20FNO3S/c1-11-2-3-13(16)10-14(11)21(19,20)17-8-4-12(5-9-17)15(18)6-7-15/h2-3,10,12,18H,4-9H2,1H3. The quantitative estimate of drug-likeness (QED) is 0.929. The van der Waals surface area contributed by atoms with Gasteiger partial charge in [0.25, 0.3) is 0 Å². The lowest BCUT2D eigenvalue weighted by atomic mass is 9.90. The van der Waals surface area contributed by atoms with Gasteiger partial charge in [0.2, 0.25) is 10.0 Å². The fourth-order valence-corrected chi connectivity index (χ4v) is 4.87. The molecule has 6 heteroatoms. The number of hydrogen-bond donors (Lipinski definition) is 1. The van der Waals surface area contributed by atoms with Crippen molar-refractivity contribution in [2.75, 3.05) is 13.1 Å². The summed E-state index contributed by atoms with van der Waals surface area (Å²) in [6.45, 7) is 2.46. The summed E-state index contributed by atoms with van der Waals surface area (Å²) >= 11 is 0. The van der Waals surface area contributed by atoms with Crippen molar-refractivity contribution in [3.63, 3.8) is 0 Å². The molecule has 1 heterocycles. The molecule has 116 valence electrons. The van der Waals surface area contributed by atoms with E-state index in [4.69, 9.17) is 0 Å². The molecule has 1 aromatic rings. The highest BCUT2D eigenvalue weighted by atomic mass is 32.2. The molecule has 1 aliphatic heterocycles. The molecule has 0 bridgehead atoms. The number of halogens is 1. The van der Waals surface area contributed by atoms with Crippen LogP contribution < -0.4 is 0 Å². The van der Waals surface area contributed by atoms with Crippen molar-refractivity contribution in [2.24, 2.45) is 5.92 Å². The minimum atomic E-state index is -3.65. The Kier molecular flexibility index (Phi) is 3.58. The van der Waals surface area contributed by atoms with Gasteiger partial charge in [-0.1, -0.05) is 6.07 Å². The molecule has 0 spiro atoms. The van der Waals surface area contributed by atoms with E-state index in [0.717, 1.165) is 18.9 Å². The van der Waals surface area contributed by atoms with E-state index in [2.05, 4.69) is 0 Å². The molecule has 0 aromatic heterocycles. The molecule has 4 nitrogen and oxygen atoms in total. The molecule has 3 rings (SSSR count). The van der Waals surface area contributed by atoms with Crippen LogP contribution in [0.1, 0.15) is 31.2 Å². The van der Waals surface area contributed by atoms with Gasteiger partial charge in [-0.05, 0) is 56.2 Å². The highest BCUT2D eigenvalue weighted by molar-refractivity contribution is 7.89. The van der Waals surface area contributed by atoms with E-state index in [9.17, 15) is 17.9 Å². The minimum Gasteiger partial charge on any atom is -0.390 e. The molecular weight excluding hydrogens is 293 g/mol. The first kappa shape index (κ1) is 14.9. The smallest absolute Gasteiger partial charge is 0.243 e. The van der Waals surface area contributed by atoms with Crippen LogP contribution in [0.2, 0.25) is 0 Å². The predicted octanol–water partition coefficient (Wildman–Crippen LogP) is 2.06. The van der Waals surface area contributed by atoms with Gasteiger partial charge in [-0.25, -0.2) is 12.8 Å². The largest absolute Gasteiger partial charge is 0.390 e. The van der Waals surface area contributed by atoms with Gasteiger partial charge in [0.15, 0.2) is 0 Å². The van der Waals surface area contributed by atoms with E-state index in [1.165, 1.54) is 16.4 Å². The monoisotopic (exact) mass is 313 g/mol. The van der Waals surface area contributed by atoms with E-state index >= 15 is 0 Å². The maximum Gasteiger partial charge on any atom is 0.243 e. The lowest BCUT2D eigenvalue weighted by Crippen LogP contribution is -2.42. The molecule has 0 radical (unpaired) electrons. The zero-order chi connectivity index (χ0) is 15.3. The Morgan fingerprint density at radius 3 is 2.48 bits per heavy atom. The summed E-state index contributed by atoms with van der Waals surface area (Å²) in [5.41, 5.74) is 0.00398. The van der Waals surface area contributed by atoms with Gasteiger partial charge >= 0.3 is 0 Å².